The van der Waals surface area contributed by atoms with Gasteiger partial charge in [0.1, 0.15) is 0 Å². The van der Waals surface area contributed by atoms with Gasteiger partial charge >= 0.3 is 0 Å². The fourth-order valence-electron chi connectivity index (χ4n) is 2.98. The molecule has 134 valence electrons. The number of hydrogen-bond acceptors (Lipinski definition) is 3. The highest BCUT2D eigenvalue weighted by Gasteiger charge is 2.14. The lowest BCUT2D eigenvalue weighted by molar-refractivity contribution is 0.683. The lowest BCUT2D eigenvalue weighted by Gasteiger charge is -2.13. The van der Waals surface area contributed by atoms with Crippen molar-refractivity contribution in [2.75, 3.05) is 0 Å². The van der Waals surface area contributed by atoms with Gasteiger partial charge in [-0.1, -0.05) is 60.3 Å². The molecular formula is C22H24N2OS. The van der Waals surface area contributed by atoms with Crippen LogP contribution in [0.3, 0.4) is 0 Å². The number of nitrogens with zero attached hydrogens (tertiary/aromatic N) is 2. The van der Waals surface area contributed by atoms with Crippen LogP contribution in [-0.2, 0) is 19.2 Å². The minimum atomic E-state index is 0.0491. The maximum Gasteiger partial charge on any atom is 0.257 e. The van der Waals surface area contributed by atoms with Crippen molar-refractivity contribution in [3.8, 4) is 0 Å². The van der Waals surface area contributed by atoms with Crippen molar-refractivity contribution < 1.29 is 0 Å². The molecule has 3 rings (SSSR count). The number of aromatic nitrogens is 2. The average Bonchev–Trinajstić information content (AvgIpc) is 2.63. The quantitative estimate of drug-likeness (QED) is 0.491. The SMILES string of the molecule is Cc1ccccc1CSc1nc(C)c(Cc2ccccc2C)c(=O)n1C. The van der Waals surface area contributed by atoms with Gasteiger partial charge in [-0.25, -0.2) is 4.98 Å². The fourth-order valence-corrected chi connectivity index (χ4v) is 4.06. The Morgan fingerprint density at radius 2 is 1.50 bits per heavy atom. The van der Waals surface area contributed by atoms with Crippen LogP contribution in [0.2, 0.25) is 0 Å². The molecule has 0 aliphatic carbocycles. The van der Waals surface area contributed by atoms with Crippen molar-refractivity contribution in [2.24, 2.45) is 7.05 Å². The number of benzene rings is 2. The first-order valence-electron chi connectivity index (χ1n) is 8.75. The fraction of sp³-hybridized carbons (Fsp3) is 0.273. The van der Waals surface area contributed by atoms with Crippen molar-refractivity contribution >= 4 is 11.8 Å². The lowest BCUT2D eigenvalue weighted by atomic mass is 10.0. The zero-order chi connectivity index (χ0) is 18.7. The first kappa shape index (κ1) is 18.5. The van der Waals surface area contributed by atoms with E-state index in [9.17, 15) is 4.79 Å². The summed E-state index contributed by atoms with van der Waals surface area (Å²) >= 11 is 1.61. The standard InChI is InChI=1S/C22H24N2OS/c1-15-9-5-7-11-18(15)13-20-17(3)23-22(24(4)21(20)25)26-14-19-12-8-6-10-16(19)2/h5-12H,13-14H2,1-4H3. The molecule has 0 bridgehead atoms. The normalized spacial score (nSPS) is 10.9. The smallest absolute Gasteiger partial charge is 0.257 e. The second-order valence-corrected chi connectivity index (χ2v) is 7.58. The molecule has 0 fully saturated rings. The van der Waals surface area contributed by atoms with Crippen LogP contribution in [0.15, 0.2) is 58.5 Å². The van der Waals surface area contributed by atoms with Gasteiger partial charge in [-0.3, -0.25) is 9.36 Å². The Morgan fingerprint density at radius 3 is 2.12 bits per heavy atom. The first-order chi connectivity index (χ1) is 12.5. The minimum absolute atomic E-state index is 0.0491. The van der Waals surface area contributed by atoms with Crippen LogP contribution in [0.1, 0.15) is 33.5 Å². The van der Waals surface area contributed by atoms with Gasteiger partial charge in [0.25, 0.3) is 5.56 Å². The van der Waals surface area contributed by atoms with Gasteiger partial charge in [-0.05, 0) is 43.0 Å². The van der Waals surface area contributed by atoms with Crippen LogP contribution >= 0.6 is 11.8 Å². The van der Waals surface area contributed by atoms with Gasteiger partial charge in [-0.2, -0.15) is 0 Å². The summed E-state index contributed by atoms with van der Waals surface area (Å²) in [7, 11) is 1.82. The van der Waals surface area contributed by atoms with Gasteiger partial charge in [0.15, 0.2) is 5.16 Å². The number of rotatable bonds is 5. The van der Waals surface area contributed by atoms with Gasteiger partial charge in [0.05, 0.1) is 0 Å². The molecule has 0 N–H and O–H groups in total. The van der Waals surface area contributed by atoms with E-state index < -0.39 is 0 Å². The Balaban J connectivity index is 1.87. The summed E-state index contributed by atoms with van der Waals surface area (Å²) < 4.78 is 1.68. The van der Waals surface area contributed by atoms with Crippen molar-refractivity contribution in [3.63, 3.8) is 0 Å². The highest BCUT2D eigenvalue weighted by atomic mass is 32.2. The Hall–Kier alpha value is -2.33. The van der Waals surface area contributed by atoms with Crippen LogP contribution in [0.25, 0.3) is 0 Å². The third-order valence-corrected chi connectivity index (χ3v) is 5.88. The monoisotopic (exact) mass is 364 g/mol. The number of hydrogen-bond donors (Lipinski definition) is 0. The second kappa shape index (κ2) is 7.92. The Kier molecular flexibility index (Phi) is 5.62. The first-order valence-corrected chi connectivity index (χ1v) is 9.74. The molecule has 0 spiro atoms. The molecular weight excluding hydrogens is 340 g/mol. The van der Waals surface area contributed by atoms with Crippen LogP contribution in [-0.4, -0.2) is 9.55 Å². The summed E-state index contributed by atoms with van der Waals surface area (Å²) in [5.74, 6) is 0.809. The average molecular weight is 365 g/mol. The van der Waals surface area contributed by atoms with Crippen molar-refractivity contribution in [1.82, 2.24) is 9.55 Å². The van der Waals surface area contributed by atoms with Crippen LogP contribution in [0.4, 0.5) is 0 Å². The van der Waals surface area contributed by atoms with Crippen LogP contribution in [0, 0.1) is 20.8 Å². The summed E-state index contributed by atoms with van der Waals surface area (Å²) in [5.41, 5.74) is 6.56. The van der Waals surface area contributed by atoms with E-state index in [1.54, 1.807) is 16.3 Å². The predicted molar refractivity (Wildman–Crippen MR) is 109 cm³/mol. The predicted octanol–water partition coefficient (Wildman–Crippen LogP) is 4.59. The van der Waals surface area contributed by atoms with Gasteiger partial charge in [0.2, 0.25) is 0 Å². The van der Waals surface area contributed by atoms with E-state index in [-0.39, 0.29) is 5.56 Å². The second-order valence-electron chi connectivity index (χ2n) is 6.64. The zero-order valence-electron chi connectivity index (χ0n) is 15.7. The van der Waals surface area contributed by atoms with Gasteiger partial charge < -0.3 is 0 Å². The molecule has 2 aromatic carbocycles. The highest BCUT2D eigenvalue weighted by Crippen LogP contribution is 2.23. The Bertz CT molecular complexity index is 992. The minimum Gasteiger partial charge on any atom is -0.291 e. The van der Waals surface area contributed by atoms with E-state index in [4.69, 9.17) is 4.98 Å². The molecule has 1 heterocycles. The summed E-state index contributed by atoms with van der Waals surface area (Å²) in [5, 5.41) is 0.768. The van der Waals surface area contributed by atoms with E-state index in [0.29, 0.717) is 6.42 Å². The van der Waals surface area contributed by atoms with Crippen LogP contribution in [0.5, 0.6) is 0 Å². The maximum atomic E-state index is 12.9. The zero-order valence-corrected chi connectivity index (χ0v) is 16.6. The van der Waals surface area contributed by atoms with Gasteiger partial charge in [0, 0.05) is 30.5 Å². The van der Waals surface area contributed by atoms with E-state index in [2.05, 4.69) is 38.1 Å². The molecule has 0 atom stereocenters. The topological polar surface area (TPSA) is 34.9 Å². The molecule has 4 heteroatoms. The summed E-state index contributed by atoms with van der Waals surface area (Å²) in [6.45, 7) is 6.13. The molecule has 3 aromatic rings. The molecule has 0 saturated carbocycles. The van der Waals surface area contributed by atoms with Crippen LogP contribution < -0.4 is 5.56 Å². The van der Waals surface area contributed by atoms with E-state index in [1.165, 1.54) is 22.3 Å². The van der Waals surface area contributed by atoms with Crippen molar-refractivity contribution in [3.05, 3.63) is 92.4 Å². The molecule has 0 radical (unpaired) electrons. The summed E-state index contributed by atoms with van der Waals surface area (Å²) in [6, 6.07) is 16.5. The third kappa shape index (κ3) is 3.91. The molecule has 0 saturated heterocycles. The molecule has 1 aromatic heterocycles. The molecule has 0 aliphatic heterocycles. The Morgan fingerprint density at radius 1 is 0.923 bits per heavy atom. The third-order valence-electron chi connectivity index (χ3n) is 4.80. The summed E-state index contributed by atoms with van der Waals surface area (Å²) in [4.78, 5) is 17.6. The molecule has 0 amide bonds. The number of thioether (sulfide) groups is 1. The van der Waals surface area contributed by atoms with Crippen molar-refractivity contribution in [2.45, 2.75) is 38.1 Å². The van der Waals surface area contributed by atoms with Crippen molar-refractivity contribution in [1.29, 1.82) is 0 Å². The number of aryl methyl sites for hydroxylation is 3. The molecule has 3 nitrogen and oxygen atoms in total. The van der Waals surface area contributed by atoms with Gasteiger partial charge in [-0.15, -0.1) is 0 Å². The molecule has 0 unspecified atom stereocenters. The van der Waals surface area contributed by atoms with E-state index >= 15 is 0 Å². The highest BCUT2D eigenvalue weighted by molar-refractivity contribution is 7.98. The summed E-state index contributed by atoms with van der Waals surface area (Å²) in [6.07, 6.45) is 0.626. The van der Waals surface area contributed by atoms with E-state index in [0.717, 1.165) is 22.2 Å². The maximum absolute atomic E-state index is 12.9. The molecule has 26 heavy (non-hydrogen) atoms. The lowest BCUT2D eigenvalue weighted by Crippen LogP contribution is -2.26. The molecule has 0 aliphatic rings. The van der Waals surface area contributed by atoms with E-state index in [1.807, 2.05) is 38.2 Å². The Labute approximate surface area is 159 Å². The largest absolute Gasteiger partial charge is 0.291 e.